The summed E-state index contributed by atoms with van der Waals surface area (Å²) in [5, 5.41) is 10.00. The van der Waals surface area contributed by atoms with Gasteiger partial charge in [0.1, 0.15) is 5.82 Å². The summed E-state index contributed by atoms with van der Waals surface area (Å²) < 4.78 is 0. The Morgan fingerprint density at radius 3 is 2.70 bits per heavy atom. The minimum Gasteiger partial charge on any atom is -0.368 e. The Bertz CT molecular complexity index is 202. The molecule has 1 aromatic rings. The zero-order valence-corrected chi connectivity index (χ0v) is 6.60. The molecule has 0 aliphatic rings. The van der Waals surface area contributed by atoms with E-state index in [9.17, 15) is 0 Å². The molecule has 0 radical (unpaired) electrons. The molecule has 1 rings (SSSR count). The molecule has 0 saturated heterocycles. The van der Waals surface area contributed by atoms with E-state index in [2.05, 4.69) is 29.4 Å². The predicted molar refractivity (Wildman–Crippen MR) is 42.1 cm³/mol. The largest absolute Gasteiger partial charge is 0.368 e. The van der Waals surface area contributed by atoms with Gasteiger partial charge in [0.25, 0.3) is 0 Å². The van der Waals surface area contributed by atoms with E-state index >= 15 is 0 Å². The van der Waals surface area contributed by atoms with Crippen molar-refractivity contribution in [1.82, 2.24) is 10.2 Å². The van der Waals surface area contributed by atoms with Crippen molar-refractivity contribution in [3.8, 4) is 0 Å². The van der Waals surface area contributed by atoms with Crippen LogP contribution < -0.4 is 5.32 Å². The lowest BCUT2D eigenvalue weighted by Crippen LogP contribution is -2.10. The first-order chi connectivity index (χ1) is 4.70. The highest BCUT2D eigenvalue weighted by Crippen LogP contribution is 2.08. The maximum absolute atomic E-state index is 3.89. The number of aromatic nitrogens is 2. The van der Waals surface area contributed by atoms with Crippen LogP contribution in [0.3, 0.4) is 0 Å². The third kappa shape index (κ3) is 1.50. The molecule has 10 heavy (non-hydrogen) atoms. The number of nitrogens with one attached hydrogen (secondary N) is 2. The number of aryl methyl sites for hydroxylation is 1. The lowest BCUT2D eigenvalue weighted by atomic mass is 10.3. The molecule has 56 valence electrons. The van der Waals surface area contributed by atoms with Crippen LogP contribution in [0, 0.1) is 6.92 Å². The molecule has 2 N–H and O–H groups in total. The Morgan fingerprint density at radius 2 is 2.30 bits per heavy atom. The number of anilines is 1. The normalized spacial score (nSPS) is 10.4. The fraction of sp³-hybridized carbons (Fsp3) is 0.571. The third-order valence-electron chi connectivity index (χ3n) is 1.26. The van der Waals surface area contributed by atoms with Gasteiger partial charge in [0.2, 0.25) is 0 Å². The minimum atomic E-state index is 0.458. The lowest BCUT2D eigenvalue weighted by molar-refractivity contribution is 0.882. The van der Waals surface area contributed by atoms with Gasteiger partial charge < -0.3 is 5.32 Å². The first-order valence-electron chi connectivity index (χ1n) is 3.46. The van der Waals surface area contributed by atoms with E-state index in [1.165, 1.54) is 0 Å². The van der Waals surface area contributed by atoms with E-state index in [1.807, 2.05) is 13.1 Å². The summed E-state index contributed by atoms with van der Waals surface area (Å²) in [6, 6.07) is 0.458. The molecule has 0 bridgehead atoms. The van der Waals surface area contributed by atoms with E-state index in [0.29, 0.717) is 6.04 Å². The van der Waals surface area contributed by atoms with E-state index < -0.39 is 0 Å². The van der Waals surface area contributed by atoms with Crippen molar-refractivity contribution >= 4 is 5.82 Å². The molecular weight excluding hydrogens is 126 g/mol. The molecule has 3 nitrogen and oxygen atoms in total. The zero-order chi connectivity index (χ0) is 7.56. The fourth-order valence-corrected chi connectivity index (χ4v) is 0.781. The summed E-state index contributed by atoms with van der Waals surface area (Å²) in [7, 11) is 0. The van der Waals surface area contributed by atoms with Crippen molar-refractivity contribution < 1.29 is 0 Å². The summed E-state index contributed by atoms with van der Waals surface area (Å²) in [5.74, 6) is 1.02. The van der Waals surface area contributed by atoms with Gasteiger partial charge in [-0.15, -0.1) is 0 Å². The van der Waals surface area contributed by atoms with Crippen molar-refractivity contribution in [2.24, 2.45) is 0 Å². The van der Waals surface area contributed by atoms with Crippen molar-refractivity contribution in [2.75, 3.05) is 5.32 Å². The molecule has 1 heterocycles. The molecule has 0 aliphatic carbocycles. The van der Waals surface area contributed by atoms with Crippen LogP contribution in [0.2, 0.25) is 0 Å². The van der Waals surface area contributed by atoms with E-state index in [4.69, 9.17) is 0 Å². The molecule has 0 unspecified atom stereocenters. The Morgan fingerprint density at radius 1 is 1.60 bits per heavy atom. The van der Waals surface area contributed by atoms with Gasteiger partial charge in [-0.1, -0.05) is 0 Å². The highest BCUT2D eigenvalue weighted by molar-refractivity contribution is 5.41. The Hall–Kier alpha value is -0.990. The maximum atomic E-state index is 3.89. The standard InChI is InChI=1S/C7H13N3/c1-5(2)9-7-6(3)4-8-10-7/h4-5H,1-3H3,(H2,8,9,10). The van der Waals surface area contributed by atoms with Crippen molar-refractivity contribution in [3.05, 3.63) is 11.8 Å². The van der Waals surface area contributed by atoms with Gasteiger partial charge in [0, 0.05) is 11.6 Å². The van der Waals surface area contributed by atoms with Crippen LogP contribution in [0.4, 0.5) is 5.82 Å². The van der Waals surface area contributed by atoms with Gasteiger partial charge in [0.05, 0.1) is 6.20 Å². The van der Waals surface area contributed by atoms with Gasteiger partial charge in [-0.2, -0.15) is 5.10 Å². The molecule has 3 heteroatoms. The summed E-state index contributed by atoms with van der Waals surface area (Å²) >= 11 is 0. The Kier molecular flexibility index (Phi) is 1.94. The second-order valence-electron chi connectivity index (χ2n) is 2.73. The Labute approximate surface area is 60.8 Å². The molecule has 0 atom stereocenters. The third-order valence-corrected chi connectivity index (χ3v) is 1.26. The minimum absolute atomic E-state index is 0.458. The van der Waals surface area contributed by atoms with Crippen LogP contribution >= 0.6 is 0 Å². The van der Waals surface area contributed by atoms with Gasteiger partial charge in [-0.05, 0) is 20.8 Å². The maximum Gasteiger partial charge on any atom is 0.124 e. The quantitative estimate of drug-likeness (QED) is 0.652. The average molecular weight is 139 g/mol. The molecular formula is C7H13N3. The number of H-pyrrole nitrogens is 1. The lowest BCUT2D eigenvalue weighted by Gasteiger charge is -2.06. The molecule has 0 saturated carbocycles. The van der Waals surface area contributed by atoms with E-state index in [-0.39, 0.29) is 0 Å². The van der Waals surface area contributed by atoms with E-state index in [1.54, 1.807) is 0 Å². The SMILES string of the molecule is Cc1cn[nH]c1NC(C)C. The molecule has 1 aromatic heterocycles. The molecule has 0 fully saturated rings. The van der Waals surface area contributed by atoms with Gasteiger partial charge >= 0.3 is 0 Å². The number of hydrogen-bond donors (Lipinski definition) is 2. The second-order valence-corrected chi connectivity index (χ2v) is 2.73. The topological polar surface area (TPSA) is 40.7 Å². The summed E-state index contributed by atoms with van der Waals surface area (Å²) in [4.78, 5) is 0. The molecule has 0 amide bonds. The van der Waals surface area contributed by atoms with Gasteiger partial charge in [-0.3, -0.25) is 5.10 Å². The van der Waals surface area contributed by atoms with Crippen LogP contribution in [0.1, 0.15) is 19.4 Å². The van der Waals surface area contributed by atoms with E-state index in [0.717, 1.165) is 11.4 Å². The smallest absolute Gasteiger partial charge is 0.124 e. The molecule has 0 aliphatic heterocycles. The van der Waals surface area contributed by atoms with Crippen LogP contribution in [0.15, 0.2) is 6.20 Å². The van der Waals surface area contributed by atoms with Crippen LogP contribution in [-0.4, -0.2) is 16.2 Å². The van der Waals surface area contributed by atoms with Crippen LogP contribution in [0.5, 0.6) is 0 Å². The fourth-order valence-electron chi connectivity index (χ4n) is 0.781. The van der Waals surface area contributed by atoms with Gasteiger partial charge in [-0.25, -0.2) is 0 Å². The second kappa shape index (κ2) is 2.73. The zero-order valence-electron chi connectivity index (χ0n) is 6.60. The summed E-state index contributed by atoms with van der Waals surface area (Å²) in [6.45, 7) is 6.22. The molecule has 0 spiro atoms. The van der Waals surface area contributed by atoms with Crippen molar-refractivity contribution in [3.63, 3.8) is 0 Å². The number of aromatic amines is 1. The van der Waals surface area contributed by atoms with Crippen molar-refractivity contribution in [2.45, 2.75) is 26.8 Å². The predicted octanol–water partition coefficient (Wildman–Crippen LogP) is 1.54. The number of rotatable bonds is 2. The number of nitrogens with zero attached hydrogens (tertiary/aromatic N) is 1. The first-order valence-corrected chi connectivity index (χ1v) is 3.46. The Balaban J connectivity index is 2.65. The van der Waals surface area contributed by atoms with Crippen molar-refractivity contribution in [1.29, 1.82) is 0 Å². The highest BCUT2D eigenvalue weighted by Gasteiger charge is 1.99. The summed E-state index contributed by atoms with van der Waals surface area (Å²) in [6.07, 6.45) is 1.81. The average Bonchev–Trinajstić information content (AvgIpc) is 2.15. The molecule has 0 aromatic carbocycles. The summed E-state index contributed by atoms with van der Waals surface area (Å²) in [5.41, 5.74) is 1.16. The monoisotopic (exact) mass is 139 g/mol. The van der Waals surface area contributed by atoms with Crippen LogP contribution in [-0.2, 0) is 0 Å². The number of hydrogen-bond acceptors (Lipinski definition) is 2. The first kappa shape index (κ1) is 7.12. The van der Waals surface area contributed by atoms with Crippen LogP contribution in [0.25, 0.3) is 0 Å². The van der Waals surface area contributed by atoms with Gasteiger partial charge in [0.15, 0.2) is 0 Å². The highest BCUT2D eigenvalue weighted by atomic mass is 15.2.